The van der Waals surface area contributed by atoms with Crippen molar-refractivity contribution in [3.8, 4) is 0 Å². The molecule has 6 heteroatoms. The summed E-state index contributed by atoms with van der Waals surface area (Å²) >= 11 is 1.66. The molecule has 0 saturated heterocycles. The number of hydrogen-bond donors (Lipinski definition) is 1. The fraction of sp³-hybridized carbons (Fsp3) is 0.500. The van der Waals surface area contributed by atoms with E-state index >= 15 is 0 Å². The Morgan fingerprint density at radius 3 is 2.95 bits per heavy atom. The number of aromatic nitrogens is 3. The van der Waals surface area contributed by atoms with Crippen molar-refractivity contribution in [2.24, 2.45) is 0 Å². The minimum Gasteiger partial charge on any atom is -0.328 e. The number of nitrogens with zero attached hydrogens (tertiary/aromatic N) is 3. The maximum absolute atomic E-state index is 12.6. The molecule has 1 amide bonds. The highest BCUT2D eigenvalue weighted by Gasteiger charge is 2.29. The van der Waals surface area contributed by atoms with Crippen molar-refractivity contribution < 1.29 is 4.79 Å². The van der Waals surface area contributed by atoms with Gasteiger partial charge in [0.05, 0.1) is 6.54 Å². The van der Waals surface area contributed by atoms with E-state index in [4.69, 9.17) is 0 Å². The van der Waals surface area contributed by atoms with Crippen LogP contribution in [0.1, 0.15) is 53.9 Å². The first-order chi connectivity index (χ1) is 9.65. The molecule has 106 valence electrons. The summed E-state index contributed by atoms with van der Waals surface area (Å²) in [6.45, 7) is 4.64. The third kappa shape index (κ3) is 2.75. The second-order valence-corrected chi connectivity index (χ2v) is 6.46. The van der Waals surface area contributed by atoms with Crippen molar-refractivity contribution in [3.05, 3.63) is 34.0 Å². The highest BCUT2D eigenvalue weighted by Crippen LogP contribution is 2.37. The Morgan fingerprint density at radius 2 is 2.35 bits per heavy atom. The van der Waals surface area contributed by atoms with E-state index in [1.807, 2.05) is 36.3 Å². The number of carbonyl (C=O) groups is 1. The van der Waals surface area contributed by atoms with E-state index in [0.29, 0.717) is 12.5 Å². The summed E-state index contributed by atoms with van der Waals surface area (Å²) in [4.78, 5) is 19.9. The maximum Gasteiger partial charge on any atom is 0.294 e. The predicted octanol–water partition coefficient (Wildman–Crippen LogP) is 2.79. The van der Waals surface area contributed by atoms with Gasteiger partial charge in [0, 0.05) is 16.8 Å². The van der Waals surface area contributed by atoms with Gasteiger partial charge in [-0.1, -0.05) is 6.07 Å². The number of rotatable bonds is 5. The Bertz CT molecular complexity index is 586. The molecule has 1 saturated carbocycles. The number of carbonyl (C=O) groups excluding carboxylic acids is 1. The van der Waals surface area contributed by atoms with Gasteiger partial charge in [-0.25, -0.2) is 4.98 Å². The van der Waals surface area contributed by atoms with Crippen LogP contribution in [0, 0.1) is 0 Å². The highest BCUT2D eigenvalue weighted by molar-refractivity contribution is 7.09. The standard InChI is InChI=1S/C14H18N4OS/c1-9(2)18(8-11-4-3-7-20-11)14(19)13-15-12(16-17-13)10-5-6-10/h3-4,7,9-10H,5-6,8H2,1-2H3,(H,15,16,17). The smallest absolute Gasteiger partial charge is 0.294 e. The minimum atomic E-state index is -0.100. The van der Waals surface area contributed by atoms with Crippen LogP contribution in [-0.4, -0.2) is 32.0 Å². The van der Waals surface area contributed by atoms with Crippen molar-refractivity contribution in [3.63, 3.8) is 0 Å². The van der Waals surface area contributed by atoms with Crippen LogP contribution < -0.4 is 0 Å². The van der Waals surface area contributed by atoms with Crippen LogP contribution in [0.3, 0.4) is 0 Å². The zero-order chi connectivity index (χ0) is 14.1. The van der Waals surface area contributed by atoms with Crippen LogP contribution >= 0.6 is 11.3 Å². The van der Waals surface area contributed by atoms with Gasteiger partial charge in [0.2, 0.25) is 5.82 Å². The Labute approximate surface area is 122 Å². The first-order valence-electron chi connectivity index (χ1n) is 6.91. The van der Waals surface area contributed by atoms with Gasteiger partial charge in [-0.15, -0.1) is 16.4 Å². The van der Waals surface area contributed by atoms with Gasteiger partial charge in [0.1, 0.15) is 5.82 Å². The lowest BCUT2D eigenvalue weighted by Crippen LogP contribution is -2.36. The fourth-order valence-corrected chi connectivity index (χ4v) is 2.80. The SMILES string of the molecule is CC(C)N(Cc1cccs1)C(=O)c1n[nH]c(C2CC2)n1. The molecule has 0 aromatic carbocycles. The van der Waals surface area contributed by atoms with Crippen LogP contribution in [0.2, 0.25) is 0 Å². The van der Waals surface area contributed by atoms with Gasteiger partial charge in [0.25, 0.3) is 5.91 Å². The monoisotopic (exact) mass is 290 g/mol. The van der Waals surface area contributed by atoms with Crippen molar-refractivity contribution in [2.75, 3.05) is 0 Å². The fourth-order valence-electron chi connectivity index (χ4n) is 2.10. The molecule has 0 bridgehead atoms. The summed E-state index contributed by atoms with van der Waals surface area (Å²) in [5.74, 6) is 1.52. The number of thiophene rings is 1. The van der Waals surface area contributed by atoms with E-state index in [0.717, 1.165) is 18.7 Å². The van der Waals surface area contributed by atoms with Crippen molar-refractivity contribution in [2.45, 2.75) is 45.2 Å². The number of amides is 1. The first kappa shape index (κ1) is 13.3. The third-order valence-electron chi connectivity index (χ3n) is 3.45. The molecule has 0 spiro atoms. The van der Waals surface area contributed by atoms with Crippen molar-refractivity contribution in [1.82, 2.24) is 20.1 Å². The molecule has 1 fully saturated rings. The summed E-state index contributed by atoms with van der Waals surface area (Å²) in [6, 6.07) is 4.16. The number of hydrogen-bond acceptors (Lipinski definition) is 4. The van der Waals surface area contributed by atoms with Crippen LogP contribution in [0.4, 0.5) is 0 Å². The molecule has 0 atom stereocenters. The summed E-state index contributed by atoms with van der Waals surface area (Å²) in [5, 5.41) is 9.01. The van der Waals surface area contributed by atoms with Crippen molar-refractivity contribution >= 4 is 17.2 Å². The Balaban J connectivity index is 1.76. The minimum absolute atomic E-state index is 0.100. The highest BCUT2D eigenvalue weighted by atomic mass is 32.1. The number of nitrogens with one attached hydrogen (secondary N) is 1. The molecule has 2 heterocycles. The van der Waals surface area contributed by atoms with Crippen molar-refractivity contribution in [1.29, 1.82) is 0 Å². The third-order valence-corrected chi connectivity index (χ3v) is 4.31. The summed E-state index contributed by atoms with van der Waals surface area (Å²) in [5.41, 5.74) is 0. The molecular weight excluding hydrogens is 272 g/mol. The van der Waals surface area contributed by atoms with Gasteiger partial charge >= 0.3 is 0 Å². The molecule has 0 radical (unpaired) electrons. The molecule has 20 heavy (non-hydrogen) atoms. The zero-order valence-corrected chi connectivity index (χ0v) is 12.5. The quantitative estimate of drug-likeness (QED) is 0.921. The van der Waals surface area contributed by atoms with Gasteiger partial charge in [-0.3, -0.25) is 9.89 Å². The normalized spacial score (nSPS) is 14.8. The molecule has 0 aliphatic heterocycles. The van der Waals surface area contributed by atoms with Gasteiger partial charge in [-0.2, -0.15) is 0 Å². The van der Waals surface area contributed by atoms with Gasteiger partial charge < -0.3 is 4.90 Å². The van der Waals surface area contributed by atoms with Crippen LogP contribution in [0.5, 0.6) is 0 Å². The lowest BCUT2D eigenvalue weighted by molar-refractivity contribution is 0.0680. The summed E-state index contributed by atoms with van der Waals surface area (Å²) < 4.78 is 0. The summed E-state index contributed by atoms with van der Waals surface area (Å²) in [7, 11) is 0. The van der Waals surface area contributed by atoms with E-state index < -0.39 is 0 Å². The Morgan fingerprint density at radius 1 is 1.55 bits per heavy atom. The molecule has 0 unspecified atom stereocenters. The molecule has 1 aliphatic carbocycles. The average molecular weight is 290 g/mol. The molecule has 2 aromatic heterocycles. The second kappa shape index (κ2) is 5.36. The lowest BCUT2D eigenvalue weighted by Gasteiger charge is -2.24. The molecule has 2 aromatic rings. The molecule has 3 rings (SSSR count). The topological polar surface area (TPSA) is 61.9 Å². The first-order valence-corrected chi connectivity index (χ1v) is 7.78. The van der Waals surface area contributed by atoms with Gasteiger partial charge in [0.15, 0.2) is 0 Å². The van der Waals surface area contributed by atoms with E-state index in [9.17, 15) is 4.79 Å². The van der Waals surface area contributed by atoms with E-state index in [2.05, 4.69) is 15.2 Å². The van der Waals surface area contributed by atoms with E-state index in [1.54, 1.807) is 11.3 Å². The lowest BCUT2D eigenvalue weighted by atomic mass is 10.3. The van der Waals surface area contributed by atoms with E-state index in [1.165, 1.54) is 4.88 Å². The van der Waals surface area contributed by atoms with Crippen LogP contribution in [-0.2, 0) is 6.54 Å². The van der Waals surface area contributed by atoms with E-state index in [-0.39, 0.29) is 17.8 Å². The molecule has 1 aliphatic rings. The zero-order valence-electron chi connectivity index (χ0n) is 11.7. The Kier molecular flexibility index (Phi) is 3.56. The second-order valence-electron chi connectivity index (χ2n) is 5.42. The molecule has 1 N–H and O–H groups in total. The molecular formula is C14H18N4OS. The van der Waals surface area contributed by atoms with Crippen LogP contribution in [0.25, 0.3) is 0 Å². The van der Waals surface area contributed by atoms with Gasteiger partial charge in [-0.05, 0) is 38.1 Å². The largest absolute Gasteiger partial charge is 0.328 e. The van der Waals surface area contributed by atoms with Crippen LogP contribution in [0.15, 0.2) is 17.5 Å². The average Bonchev–Trinajstić information content (AvgIpc) is 2.95. The predicted molar refractivity (Wildman–Crippen MR) is 77.7 cm³/mol. The maximum atomic E-state index is 12.6. The Hall–Kier alpha value is -1.69. The number of H-pyrrole nitrogens is 1. The number of aromatic amines is 1. The molecule has 5 nitrogen and oxygen atoms in total. The summed E-state index contributed by atoms with van der Waals surface area (Å²) in [6.07, 6.45) is 2.29.